The van der Waals surface area contributed by atoms with Crippen molar-refractivity contribution in [3.8, 4) is 0 Å². The maximum Gasteiger partial charge on any atom is 0.230 e. The monoisotopic (exact) mass is 291 g/mol. The van der Waals surface area contributed by atoms with Gasteiger partial charge in [-0.05, 0) is 19.1 Å². The van der Waals surface area contributed by atoms with E-state index >= 15 is 0 Å². The Balaban J connectivity index is 2.31. The molecule has 0 unspecified atom stereocenters. The normalized spacial score (nSPS) is 12.4. The van der Waals surface area contributed by atoms with Crippen LogP contribution in [0.2, 0.25) is 0 Å². The Bertz CT molecular complexity index is 356. The Morgan fingerprint density at radius 2 is 2.00 bits per heavy atom. The predicted molar refractivity (Wildman–Crippen MR) is 74.9 cm³/mol. The highest BCUT2D eigenvalue weighted by Gasteiger charge is 2.09. The maximum atomic E-state index is 11.5. The Morgan fingerprint density at radius 1 is 1.35 bits per heavy atom. The topological polar surface area (TPSA) is 54.9 Å². The van der Waals surface area contributed by atoms with Crippen molar-refractivity contribution in [2.24, 2.45) is 0 Å². The van der Waals surface area contributed by atoms with E-state index in [-0.39, 0.29) is 11.9 Å². The molecule has 1 rings (SSSR count). The molecule has 0 saturated heterocycles. The van der Waals surface area contributed by atoms with Crippen LogP contribution in [0.5, 0.6) is 0 Å². The summed E-state index contributed by atoms with van der Waals surface area (Å²) in [7, 11) is 0. The molecule has 0 bridgehead atoms. The fourth-order valence-electron chi connectivity index (χ4n) is 0.983. The van der Waals surface area contributed by atoms with Crippen molar-refractivity contribution in [1.82, 2.24) is 15.5 Å². The number of aromatic nitrogens is 2. The number of carbonyl (C=O) groups is 1. The van der Waals surface area contributed by atoms with Gasteiger partial charge in [0.15, 0.2) is 8.68 Å². The maximum absolute atomic E-state index is 11.5. The van der Waals surface area contributed by atoms with Crippen LogP contribution in [0.4, 0.5) is 0 Å². The third-order valence-electron chi connectivity index (χ3n) is 2.00. The number of rotatable bonds is 7. The summed E-state index contributed by atoms with van der Waals surface area (Å²) < 4.78 is 1.83. The number of hydrogen-bond acceptors (Lipinski definition) is 6. The zero-order valence-electron chi connectivity index (χ0n) is 10.2. The van der Waals surface area contributed by atoms with Crippen LogP contribution in [0.15, 0.2) is 8.68 Å². The number of nitrogens with zero attached hydrogens (tertiary/aromatic N) is 2. The molecule has 0 aliphatic heterocycles. The Morgan fingerprint density at radius 3 is 2.59 bits per heavy atom. The van der Waals surface area contributed by atoms with Gasteiger partial charge in [0.2, 0.25) is 5.91 Å². The summed E-state index contributed by atoms with van der Waals surface area (Å²) >= 11 is 4.67. The summed E-state index contributed by atoms with van der Waals surface area (Å²) in [6.07, 6.45) is 0.951. The highest BCUT2D eigenvalue weighted by molar-refractivity contribution is 8.03. The van der Waals surface area contributed by atoms with E-state index in [0.717, 1.165) is 20.9 Å². The van der Waals surface area contributed by atoms with Gasteiger partial charge in [0.05, 0.1) is 5.75 Å². The van der Waals surface area contributed by atoms with Gasteiger partial charge in [-0.1, -0.05) is 48.7 Å². The van der Waals surface area contributed by atoms with Crippen molar-refractivity contribution in [1.29, 1.82) is 0 Å². The van der Waals surface area contributed by atoms with E-state index in [4.69, 9.17) is 0 Å². The zero-order chi connectivity index (χ0) is 12.7. The molecule has 0 aliphatic rings. The first-order chi connectivity index (χ1) is 8.15. The molecule has 1 aromatic rings. The van der Waals surface area contributed by atoms with E-state index in [2.05, 4.69) is 29.4 Å². The third-order valence-corrected chi connectivity index (χ3v) is 5.07. The fraction of sp³-hybridized carbons (Fsp3) is 0.700. The van der Waals surface area contributed by atoms with Gasteiger partial charge in [0.25, 0.3) is 0 Å². The van der Waals surface area contributed by atoms with Crippen LogP contribution in [0, 0.1) is 0 Å². The molecule has 1 aromatic heterocycles. The van der Waals surface area contributed by atoms with Crippen LogP contribution in [-0.4, -0.2) is 33.7 Å². The van der Waals surface area contributed by atoms with E-state index in [1.165, 1.54) is 11.8 Å². The average molecular weight is 291 g/mol. The summed E-state index contributed by atoms with van der Waals surface area (Å²) in [5.74, 6) is 1.47. The molecule has 0 aliphatic carbocycles. The summed E-state index contributed by atoms with van der Waals surface area (Å²) in [6, 6.07) is 0.240. The van der Waals surface area contributed by atoms with Crippen LogP contribution < -0.4 is 5.32 Å². The third kappa shape index (κ3) is 5.74. The molecule has 7 heteroatoms. The van der Waals surface area contributed by atoms with Crippen LogP contribution in [0.25, 0.3) is 0 Å². The van der Waals surface area contributed by atoms with E-state index < -0.39 is 0 Å². The number of hydrogen-bond donors (Lipinski definition) is 1. The van der Waals surface area contributed by atoms with Crippen molar-refractivity contribution in [3.05, 3.63) is 0 Å². The van der Waals surface area contributed by atoms with Crippen molar-refractivity contribution in [2.75, 3.05) is 11.5 Å². The minimum Gasteiger partial charge on any atom is -0.353 e. The van der Waals surface area contributed by atoms with Crippen LogP contribution >= 0.6 is 34.9 Å². The number of nitrogens with one attached hydrogen (secondary N) is 1. The molecule has 0 radical (unpaired) electrons. The summed E-state index contributed by atoms with van der Waals surface area (Å²) in [6.45, 7) is 6.14. The first-order valence-corrected chi connectivity index (χ1v) is 8.32. The lowest BCUT2D eigenvalue weighted by Crippen LogP contribution is -2.33. The lowest BCUT2D eigenvalue weighted by molar-refractivity contribution is -0.119. The Hall–Kier alpha value is -0.270. The Labute approximate surface area is 114 Å². The van der Waals surface area contributed by atoms with Gasteiger partial charge < -0.3 is 5.32 Å². The van der Waals surface area contributed by atoms with Gasteiger partial charge in [-0.2, -0.15) is 0 Å². The standard InChI is InChI=1S/C10H17N3OS3/c1-4-7(3)11-8(14)6-16-10-13-12-9(17-10)15-5-2/h7H,4-6H2,1-3H3,(H,11,14)/t7-/m1/s1. The molecule has 1 N–H and O–H groups in total. The highest BCUT2D eigenvalue weighted by Crippen LogP contribution is 2.28. The van der Waals surface area contributed by atoms with Gasteiger partial charge in [-0.25, -0.2) is 0 Å². The Kier molecular flexibility index (Phi) is 6.91. The number of amides is 1. The van der Waals surface area contributed by atoms with Gasteiger partial charge in [-0.15, -0.1) is 10.2 Å². The van der Waals surface area contributed by atoms with Crippen molar-refractivity contribution < 1.29 is 4.79 Å². The second kappa shape index (κ2) is 7.94. The minimum atomic E-state index is 0.0595. The molecule has 1 amide bonds. The molecule has 17 heavy (non-hydrogen) atoms. The highest BCUT2D eigenvalue weighted by atomic mass is 32.2. The molecule has 1 atom stereocenters. The van der Waals surface area contributed by atoms with Crippen molar-refractivity contribution >= 4 is 40.8 Å². The number of thioether (sulfide) groups is 2. The van der Waals surface area contributed by atoms with Gasteiger partial charge in [-0.3, -0.25) is 4.79 Å². The fourth-order valence-corrected chi connectivity index (χ4v) is 3.71. The van der Waals surface area contributed by atoms with Crippen LogP contribution in [-0.2, 0) is 4.79 Å². The van der Waals surface area contributed by atoms with Crippen LogP contribution in [0.1, 0.15) is 27.2 Å². The van der Waals surface area contributed by atoms with Gasteiger partial charge >= 0.3 is 0 Å². The first kappa shape index (κ1) is 14.8. The SMILES string of the molecule is CCSc1nnc(SCC(=O)N[C@H](C)CC)s1. The zero-order valence-corrected chi connectivity index (χ0v) is 12.7. The first-order valence-electron chi connectivity index (χ1n) is 5.54. The van der Waals surface area contributed by atoms with Gasteiger partial charge in [0, 0.05) is 6.04 Å². The van der Waals surface area contributed by atoms with Gasteiger partial charge in [0.1, 0.15) is 0 Å². The molecule has 0 saturated carbocycles. The molecule has 0 aromatic carbocycles. The molecule has 96 valence electrons. The van der Waals surface area contributed by atoms with E-state index in [1.807, 2.05) is 6.92 Å². The quantitative estimate of drug-likeness (QED) is 0.783. The molecule has 0 fully saturated rings. The molecular weight excluding hydrogens is 274 g/mol. The minimum absolute atomic E-state index is 0.0595. The second-order valence-corrected chi connectivity index (χ2v) is 7.14. The second-order valence-electron chi connectivity index (χ2n) is 3.43. The van der Waals surface area contributed by atoms with Crippen molar-refractivity contribution in [2.45, 2.75) is 41.9 Å². The average Bonchev–Trinajstić information content (AvgIpc) is 2.74. The lowest BCUT2D eigenvalue weighted by atomic mass is 10.3. The molecule has 1 heterocycles. The van der Waals surface area contributed by atoms with Crippen LogP contribution in [0.3, 0.4) is 0 Å². The predicted octanol–water partition coefficient (Wildman–Crippen LogP) is 2.66. The molecular formula is C10H17N3OS3. The largest absolute Gasteiger partial charge is 0.353 e. The summed E-state index contributed by atoms with van der Waals surface area (Å²) in [5.41, 5.74) is 0. The van der Waals surface area contributed by atoms with E-state index in [0.29, 0.717) is 5.75 Å². The summed E-state index contributed by atoms with van der Waals surface area (Å²) in [4.78, 5) is 11.5. The molecule has 0 spiro atoms. The number of carbonyl (C=O) groups excluding carboxylic acids is 1. The summed E-state index contributed by atoms with van der Waals surface area (Å²) in [5, 5.41) is 11.0. The van der Waals surface area contributed by atoms with E-state index in [9.17, 15) is 4.79 Å². The van der Waals surface area contributed by atoms with Crippen molar-refractivity contribution in [3.63, 3.8) is 0 Å². The molecule has 4 nitrogen and oxygen atoms in total. The van der Waals surface area contributed by atoms with E-state index in [1.54, 1.807) is 23.1 Å². The smallest absolute Gasteiger partial charge is 0.230 e. The lowest BCUT2D eigenvalue weighted by Gasteiger charge is -2.09.